The molecule has 4 nitrogen and oxygen atoms in total. The van der Waals surface area contributed by atoms with Gasteiger partial charge in [0.05, 0.1) is 5.56 Å². The molecule has 2 aromatic rings. The van der Waals surface area contributed by atoms with E-state index in [2.05, 4.69) is 31.1 Å². The van der Waals surface area contributed by atoms with E-state index in [-0.39, 0.29) is 11.2 Å². The van der Waals surface area contributed by atoms with E-state index in [1.807, 2.05) is 4.90 Å². The van der Waals surface area contributed by atoms with E-state index in [1.165, 1.54) is 6.07 Å². The van der Waals surface area contributed by atoms with E-state index in [0.29, 0.717) is 22.6 Å². The number of rotatable bonds is 2. The van der Waals surface area contributed by atoms with E-state index < -0.39 is 17.3 Å². The SMILES string of the molecule is CC(C)(C)C1CCC2(CC1)C(Nc1cccc(C(F)(F)F)c1)=NC(=S)N2c1ccc(O)cc1. The van der Waals surface area contributed by atoms with Crippen molar-refractivity contribution in [1.29, 1.82) is 0 Å². The van der Waals surface area contributed by atoms with Gasteiger partial charge in [-0.15, -0.1) is 0 Å². The van der Waals surface area contributed by atoms with Gasteiger partial charge in [0.25, 0.3) is 0 Å². The number of hydrogen-bond acceptors (Lipinski definition) is 3. The summed E-state index contributed by atoms with van der Waals surface area (Å²) in [6, 6.07) is 11.9. The predicted molar refractivity (Wildman–Crippen MR) is 130 cm³/mol. The third kappa shape index (κ3) is 4.58. The van der Waals surface area contributed by atoms with Gasteiger partial charge in [-0.25, -0.2) is 4.99 Å². The smallest absolute Gasteiger partial charge is 0.416 e. The molecule has 0 bridgehead atoms. The fraction of sp³-hybridized carbons (Fsp3) is 0.440. The molecule has 0 saturated heterocycles. The number of amidine groups is 1. The van der Waals surface area contributed by atoms with Crippen LogP contribution >= 0.6 is 12.2 Å². The Hall–Kier alpha value is -2.61. The van der Waals surface area contributed by atoms with Crippen LogP contribution in [0.25, 0.3) is 0 Å². The predicted octanol–water partition coefficient (Wildman–Crippen LogP) is 7.00. The average molecular weight is 476 g/mol. The molecule has 1 spiro atoms. The van der Waals surface area contributed by atoms with Crippen molar-refractivity contribution in [2.75, 3.05) is 10.2 Å². The van der Waals surface area contributed by atoms with Gasteiger partial charge in [-0.2, -0.15) is 13.2 Å². The molecule has 0 radical (unpaired) electrons. The Bertz CT molecular complexity index is 1070. The van der Waals surface area contributed by atoms with Gasteiger partial charge in [0, 0.05) is 11.4 Å². The molecular weight excluding hydrogens is 447 g/mol. The van der Waals surface area contributed by atoms with Crippen molar-refractivity contribution in [3.05, 3.63) is 54.1 Å². The van der Waals surface area contributed by atoms with Gasteiger partial charge in [-0.1, -0.05) is 26.8 Å². The Labute approximate surface area is 197 Å². The minimum atomic E-state index is -4.43. The molecular formula is C25H28F3N3OS. The summed E-state index contributed by atoms with van der Waals surface area (Å²) in [7, 11) is 0. The van der Waals surface area contributed by atoms with Crippen LogP contribution in [0.15, 0.2) is 53.5 Å². The second-order valence-corrected chi connectivity index (χ2v) is 10.3. The van der Waals surface area contributed by atoms with Crippen LogP contribution in [-0.2, 0) is 6.18 Å². The molecule has 8 heteroatoms. The van der Waals surface area contributed by atoms with Crippen LogP contribution in [0, 0.1) is 11.3 Å². The number of aromatic hydroxyl groups is 1. The second kappa shape index (κ2) is 8.31. The van der Waals surface area contributed by atoms with Crippen molar-refractivity contribution < 1.29 is 18.3 Å². The Morgan fingerprint density at radius 1 is 1.06 bits per heavy atom. The first-order valence-electron chi connectivity index (χ1n) is 11.1. The summed E-state index contributed by atoms with van der Waals surface area (Å²) in [5, 5.41) is 13.3. The molecule has 4 rings (SSSR count). The maximum atomic E-state index is 13.3. The number of phenolic OH excluding ortho intramolecular Hbond substituents is 1. The molecule has 2 aliphatic rings. The van der Waals surface area contributed by atoms with Gasteiger partial charge in [0.15, 0.2) is 0 Å². The first kappa shape index (κ1) is 23.5. The van der Waals surface area contributed by atoms with Crippen LogP contribution < -0.4 is 10.2 Å². The van der Waals surface area contributed by atoms with Gasteiger partial charge >= 0.3 is 6.18 Å². The fourth-order valence-electron chi connectivity index (χ4n) is 4.97. The number of nitrogens with one attached hydrogen (secondary N) is 1. The van der Waals surface area contributed by atoms with E-state index >= 15 is 0 Å². The van der Waals surface area contributed by atoms with Crippen molar-refractivity contribution >= 4 is 34.5 Å². The first-order valence-corrected chi connectivity index (χ1v) is 11.5. The second-order valence-electron chi connectivity index (χ2n) is 9.97. The third-order valence-corrected chi connectivity index (χ3v) is 7.14. The molecule has 0 amide bonds. The number of phenols is 1. The van der Waals surface area contributed by atoms with Crippen LogP contribution in [0.4, 0.5) is 24.5 Å². The number of halogens is 3. The lowest BCUT2D eigenvalue weighted by Crippen LogP contribution is -2.56. The summed E-state index contributed by atoms with van der Waals surface area (Å²) in [4.78, 5) is 6.64. The molecule has 0 atom stereocenters. The zero-order valence-corrected chi connectivity index (χ0v) is 19.7. The average Bonchev–Trinajstić information content (AvgIpc) is 2.98. The van der Waals surface area contributed by atoms with Crippen LogP contribution in [0.2, 0.25) is 0 Å². The standard InChI is InChI=1S/C25H28F3N3OS/c1-23(2,3)16-11-13-24(14-12-16)21(29-18-6-4-5-17(15-18)25(26,27)28)30-22(33)31(24)19-7-9-20(32)10-8-19/h4-10,15-16,32H,11-14H2,1-3H3,(H,29,30,33). The topological polar surface area (TPSA) is 47.9 Å². The quantitative estimate of drug-likeness (QED) is 0.459. The van der Waals surface area contributed by atoms with Gasteiger partial charge in [0.1, 0.15) is 17.1 Å². The summed E-state index contributed by atoms with van der Waals surface area (Å²) >= 11 is 5.65. The summed E-state index contributed by atoms with van der Waals surface area (Å²) in [6.45, 7) is 6.72. The lowest BCUT2D eigenvalue weighted by atomic mass is 9.66. The maximum absolute atomic E-state index is 13.3. The Morgan fingerprint density at radius 3 is 2.27 bits per heavy atom. The monoisotopic (exact) mass is 475 g/mol. The number of thiocarbonyl (C=S) groups is 1. The summed E-state index contributed by atoms with van der Waals surface area (Å²) < 4.78 is 39.8. The van der Waals surface area contributed by atoms with Crippen molar-refractivity contribution in [2.24, 2.45) is 16.3 Å². The van der Waals surface area contributed by atoms with Gasteiger partial charge in [-0.3, -0.25) is 0 Å². The summed E-state index contributed by atoms with van der Waals surface area (Å²) in [6.07, 6.45) is -1.000. The molecule has 1 fully saturated rings. The van der Waals surface area contributed by atoms with Crippen molar-refractivity contribution in [3.63, 3.8) is 0 Å². The number of alkyl halides is 3. The Kier molecular flexibility index (Phi) is 5.93. The Balaban J connectivity index is 1.71. The number of hydrogen-bond donors (Lipinski definition) is 2. The number of benzene rings is 2. The molecule has 1 aliphatic carbocycles. The van der Waals surface area contributed by atoms with Crippen LogP contribution in [0.5, 0.6) is 5.75 Å². The van der Waals surface area contributed by atoms with Crippen molar-refractivity contribution in [2.45, 2.75) is 58.2 Å². The van der Waals surface area contributed by atoms with E-state index in [4.69, 9.17) is 12.2 Å². The molecule has 2 aromatic carbocycles. The molecule has 1 aliphatic heterocycles. The number of anilines is 2. The molecule has 176 valence electrons. The highest BCUT2D eigenvalue weighted by molar-refractivity contribution is 7.80. The minimum Gasteiger partial charge on any atom is -0.508 e. The highest BCUT2D eigenvalue weighted by Crippen LogP contribution is 2.48. The minimum absolute atomic E-state index is 0.151. The summed E-state index contributed by atoms with van der Waals surface area (Å²) in [5.74, 6) is 1.25. The largest absolute Gasteiger partial charge is 0.508 e. The molecule has 33 heavy (non-hydrogen) atoms. The molecule has 0 unspecified atom stereocenters. The molecule has 1 saturated carbocycles. The van der Waals surface area contributed by atoms with Crippen LogP contribution in [0.1, 0.15) is 52.0 Å². The lowest BCUT2D eigenvalue weighted by Gasteiger charge is -2.47. The van der Waals surface area contributed by atoms with Crippen molar-refractivity contribution in [3.8, 4) is 5.75 Å². The zero-order chi connectivity index (χ0) is 24.0. The van der Waals surface area contributed by atoms with E-state index in [1.54, 1.807) is 30.3 Å². The lowest BCUT2D eigenvalue weighted by molar-refractivity contribution is -0.137. The zero-order valence-electron chi connectivity index (χ0n) is 18.9. The Morgan fingerprint density at radius 2 is 1.70 bits per heavy atom. The van der Waals surface area contributed by atoms with Crippen molar-refractivity contribution in [1.82, 2.24) is 0 Å². The van der Waals surface area contributed by atoms with Gasteiger partial charge < -0.3 is 15.3 Å². The maximum Gasteiger partial charge on any atom is 0.416 e. The normalized spacial score (nSPS) is 23.7. The van der Waals surface area contributed by atoms with Crippen LogP contribution in [-0.4, -0.2) is 21.6 Å². The molecule has 0 aromatic heterocycles. The van der Waals surface area contributed by atoms with Crippen LogP contribution in [0.3, 0.4) is 0 Å². The highest BCUT2D eigenvalue weighted by Gasteiger charge is 2.51. The van der Waals surface area contributed by atoms with E-state index in [0.717, 1.165) is 43.5 Å². The molecule has 2 N–H and O–H groups in total. The first-order chi connectivity index (χ1) is 15.4. The number of nitrogens with zero attached hydrogens (tertiary/aromatic N) is 2. The van der Waals surface area contributed by atoms with E-state index in [9.17, 15) is 18.3 Å². The molecule has 1 heterocycles. The highest BCUT2D eigenvalue weighted by atomic mass is 32.1. The fourth-order valence-corrected chi connectivity index (χ4v) is 5.35. The number of aliphatic imine (C=N–C) groups is 1. The van der Waals surface area contributed by atoms with Gasteiger partial charge in [0.2, 0.25) is 5.11 Å². The third-order valence-electron chi connectivity index (χ3n) is 6.87. The van der Waals surface area contributed by atoms with Gasteiger partial charge in [-0.05, 0) is 91.7 Å². The summed E-state index contributed by atoms with van der Waals surface area (Å²) in [5.41, 5.74) is 0.00214.